The highest BCUT2D eigenvalue weighted by atomic mass is 16.5. The standard InChI is InChI=1S/C13H18N2O2/c1-17-13-8-12(3-2-10(13)9-16)15-11-4-6-14-7-5-11/h2-3,8-9,11,14-15H,4-7H2,1H3. The van der Waals surface area contributed by atoms with Crippen LogP contribution in [0.5, 0.6) is 5.75 Å². The Morgan fingerprint density at radius 1 is 1.41 bits per heavy atom. The summed E-state index contributed by atoms with van der Waals surface area (Å²) in [5.41, 5.74) is 1.60. The number of piperidine rings is 1. The van der Waals surface area contributed by atoms with Crippen molar-refractivity contribution in [3.63, 3.8) is 0 Å². The first-order valence-electron chi connectivity index (χ1n) is 5.94. The first-order valence-corrected chi connectivity index (χ1v) is 5.94. The van der Waals surface area contributed by atoms with Gasteiger partial charge < -0.3 is 15.4 Å². The van der Waals surface area contributed by atoms with Gasteiger partial charge in [-0.1, -0.05) is 0 Å². The lowest BCUT2D eigenvalue weighted by Gasteiger charge is -2.25. The molecule has 0 unspecified atom stereocenters. The zero-order valence-electron chi connectivity index (χ0n) is 10.0. The molecule has 0 amide bonds. The Bertz CT molecular complexity index is 387. The predicted octanol–water partition coefficient (Wildman–Crippen LogP) is 1.67. The Labute approximate surface area is 101 Å². The predicted molar refractivity (Wildman–Crippen MR) is 67.9 cm³/mol. The van der Waals surface area contributed by atoms with Crippen LogP contribution in [0.25, 0.3) is 0 Å². The number of benzene rings is 1. The van der Waals surface area contributed by atoms with E-state index in [0.29, 0.717) is 17.4 Å². The fraction of sp³-hybridized carbons (Fsp3) is 0.462. The van der Waals surface area contributed by atoms with Crippen molar-refractivity contribution in [1.82, 2.24) is 5.32 Å². The number of rotatable bonds is 4. The minimum Gasteiger partial charge on any atom is -0.496 e. The number of nitrogens with one attached hydrogen (secondary N) is 2. The van der Waals surface area contributed by atoms with E-state index < -0.39 is 0 Å². The Morgan fingerprint density at radius 3 is 2.82 bits per heavy atom. The molecule has 1 heterocycles. The SMILES string of the molecule is COc1cc(NC2CCNCC2)ccc1C=O. The molecule has 0 saturated carbocycles. The average molecular weight is 234 g/mol. The van der Waals surface area contributed by atoms with E-state index in [0.717, 1.165) is 37.9 Å². The molecule has 2 rings (SSSR count). The Kier molecular flexibility index (Phi) is 3.98. The monoisotopic (exact) mass is 234 g/mol. The van der Waals surface area contributed by atoms with Gasteiger partial charge in [0.1, 0.15) is 5.75 Å². The van der Waals surface area contributed by atoms with E-state index in [1.807, 2.05) is 12.1 Å². The lowest BCUT2D eigenvalue weighted by molar-refractivity contribution is 0.112. The van der Waals surface area contributed by atoms with Gasteiger partial charge >= 0.3 is 0 Å². The number of carbonyl (C=O) groups is 1. The van der Waals surface area contributed by atoms with Gasteiger partial charge in [-0.2, -0.15) is 0 Å². The third kappa shape index (κ3) is 2.97. The number of aldehydes is 1. The lowest BCUT2D eigenvalue weighted by Crippen LogP contribution is -2.35. The molecule has 1 aliphatic heterocycles. The number of hydrogen-bond donors (Lipinski definition) is 2. The van der Waals surface area contributed by atoms with E-state index in [1.165, 1.54) is 0 Å². The van der Waals surface area contributed by atoms with Crippen molar-refractivity contribution in [2.45, 2.75) is 18.9 Å². The van der Waals surface area contributed by atoms with Gasteiger partial charge in [-0.25, -0.2) is 0 Å². The van der Waals surface area contributed by atoms with Gasteiger partial charge in [-0.3, -0.25) is 4.79 Å². The maximum atomic E-state index is 10.8. The highest BCUT2D eigenvalue weighted by Crippen LogP contribution is 2.23. The van der Waals surface area contributed by atoms with E-state index in [9.17, 15) is 4.79 Å². The van der Waals surface area contributed by atoms with Gasteiger partial charge in [0.2, 0.25) is 0 Å². The van der Waals surface area contributed by atoms with Crippen LogP contribution in [0.2, 0.25) is 0 Å². The molecule has 0 bridgehead atoms. The molecular formula is C13H18N2O2. The van der Waals surface area contributed by atoms with Crippen LogP contribution in [-0.4, -0.2) is 32.5 Å². The van der Waals surface area contributed by atoms with Crippen molar-refractivity contribution in [2.75, 3.05) is 25.5 Å². The quantitative estimate of drug-likeness (QED) is 0.778. The van der Waals surface area contributed by atoms with E-state index >= 15 is 0 Å². The van der Waals surface area contributed by atoms with Crippen molar-refractivity contribution in [1.29, 1.82) is 0 Å². The summed E-state index contributed by atoms with van der Waals surface area (Å²) in [7, 11) is 1.58. The van der Waals surface area contributed by atoms with Crippen LogP contribution < -0.4 is 15.4 Å². The molecule has 0 aromatic heterocycles. The van der Waals surface area contributed by atoms with E-state index in [1.54, 1.807) is 13.2 Å². The first kappa shape index (κ1) is 11.9. The van der Waals surface area contributed by atoms with Gasteiger partial charge in [0.15, 0.2) is 6.29 Å². The molecule has 17 heavy (non-hydrogen) atoms. The van der Waals surface area contributed by atoms with Crippen LogP contribution in [0.1, 0.15) is 23.2 Å². The Morgan fingerprint density at radius 2 is 2.18 bits per heavy atom. The van der Waals surface area contributed by atoms with Crippen LogP contribution in [0.15, 0.2) is 18.2 Å². The van der Waals surface area contributed by atoms with E-state index in [2.05, 4.69) is 10.6 Å². The van der Waals surface area contributed by atoms with Gasteiger partial charge in [0.05, 0.1) is 12.7 Å². The second kappa shape index (κ2) is 5.68. The van der Waals surface area contributed by atoms with Crippen LogP contribution >= 0.6 is 0 Å². The highest BCUT2D eigenvalue weighted by Gasteiger charge is 2.13. The summed E-state index contributed by atoms with van der Waals surface area (Å²) < 4.78 is 5.18. The van der Waals surface area contributed by atoms with Crippen LogP contribution in [0.4, 0.5) is 5.69 Å². The number of carbonyl (C=O) groups excluding carboxylic acids is 1. The van der Waals surface area contributed by atoms with Gasteiger partial charge in [0.25, 0.3) is 0 Å². The Hall–Kier alpha value is -1.55. The van der Waals surface area contributed by atoms with Crippen molar-refractivity contribution in [2.24, 2.45) is 0 Å². The molecule has 92 valence electrons. The molecule has 1 aromatic rings. The number of anilines is 1. The highest BCUT2D eigenvalue weighted by molar-refractivity contribution is 5.80. The largest absolute Gasteiger partial charge is 0.496 e. The summed E-state index contributed by atoms with van der Waals surface area (Å²) in [5, 5.41) is 6.80. The van der Waals surface area contributed by atoms with Crippen molar-refractivity contribution in [3.05, 3.63) is 23.8 Å². The third-order valence-electron chi connectivity index (χ3n) is 3.07. The first-order chi connectivity index (χ1) is 8.33. The van der Waals surface area contributed by atoms with Gasteiger partial charge in [-0.15, -0.1) is 0 Å². The van der Waals surface area contributed by atoms with Gasteiger partial charge in [0, 0.05) is 17.8 Å². The summed E-state index contributed by atoms with van der Waals surface area (Å²) in [6.07, 6.45) is 3.06. The fourth-order valence-corrected chi connectivity index (χ4v) is 2.10. The smallest absolute Gasteiger partial charge is 0.153 e. The number of ether oxygens (including phenoxy) is 1. The number of hydrogen-bond acceptors (Lipinski definition) is 4. The summed E-state index contributed by atoms with van der Waals surface area (Å²) in [5.74, 6) is 0.624. The van der Waals surface area contributed by atoms with E-state index in [-0.39, 0.29) is 0 Å². The molecule has 2 N–H and O–H groups in total. The molecule has 1 aliphatic rings. The zero-order chi connectivity index (χ0) is 12.1. The average Bonchev–Trinajstić information content (AvgIpc) is 2.40. The molecule has 0 atom stereocenters. The second-order valence-corrected chi connectivity index (χ2v) is 4.24. The third-order valence-corrected chi connectivity index (χ3v) is 3.07. The summed E-state index contributed by atoms with van der Waals surface area (Å²) in [4.78, 5) is 10.8. The van der Waals surface area contributed by atoms with Gasteiger partial charge in [-0.05, 0) is 38.1 Å². The molecule has 0 radical (unpaired) electrons. The molecule has 4 nitrogen and oxygen atoms in total. The Balaban J connectivity index is 2.07. The molecule has 1 fully saturated rings. The van der Waals surface area contributed by atoms with Crippen LogP contribution in [0.3, 0.4) is 0 Å². The second-order valence-electron chi connectivity index (χ2n) is 4.24. The zero-order valence-corrected chi connectivity index (χ0v) is 10.0. The summed E-state index contributed by atoms with van der Waals surface area (Å²) in [6, 6.07) is 6.10. The maximum Gasteiger partial charge on any atom is 0.153 e. The normalized spacial score (nSPS) is 16.5. The lowest BCUT2D eigenvalue weighted by atomic mass is 10.1. The van der Waals surface area contributed by atoms with E-state index in [4.69, 9.17) is 4.74 Å². The molecule has 1 aromatic carbocycles. The minimum atomic E-state index is 0.503. The molecular weight excluding hydrogens is 216 g/mol. The van der Waals surface area contributed by atoms with Crippen molar-refractivity contribution in [3.8, 4) is 5.75 Å². The van der Waals surface area contributed by atoms with Crippen LogP contribution in [-0.2, 0) is 0 Å². The summed E-state index contributed by atoms with van der Waals surface area (Å²) in [6.45, 7) is 2.11. The maximum absolute atomic E-state index is 10.8. The van der Waals surface area contributed by atoms with Crippen molar-refractivity contribution < 1.29 is 9.53 Å². The molecule has 1 saturated heterocycles. The number of methoxy groups -OCH3 is 1. The molecule has 0 aliphatic carbocycles. The summed E-state index contributed by atoms with van der Waals surface area (Å²) >= 11 is 0. The fourth-order valence-electron chi connectivity index (χ4n) is 2.10. The molecule has 0 spiro atoms. The molecule has 4 heteroatoms. The van der Waals surface area contributed by atoms with Crippen molar-refractivity contribution >= 4 is 12.0 Å². The van der Waals surface area contributed by atoms with Crippen LogP contribution in [0, 0.1) is 0 Å². The minimum absolute atomic E-state index is 0.503. The topological polar surface area (TPSA) is 50.4 Å².